The molecule has 0 aromatic heterocycles. The van der Waals surface area contributed by atoms with Gasteiger partial charge in [0.1, 0.15) is 0 Å². The molecule has 0 atom stereocenters. The zero-order valence-corrected chi connectivity index (χ0v) is 6.31. The van der Waals surface area contributed by atoms with E-state index in [1.54, 1.807) is 6.08 Å². The zero-order chi connectivity index (χ0) is 7.40. The average Bonchev–Trinajstić information content (AvgIpc) is 1.88. The van der Waals surface area contributed by atoms with E-state index < -0.39 is 0 Å². The number of hydrogen-bond donors (Lipinski definition) is 1. The maximum atomic E-state index is 10.8. The molecular formula is C8H13NO. The molecule has 1 rings (SSSR count). The van der Waals surface area contributed by atoms with Crippen molar-refractivity contribution in [1.82, 2.24) is 5.32 Å². The van der Waals surface area contributed by atoms with E-state index >= 15 is 0 Å². The van der Waals surface area contributed by atoms with Gasteiger partial charge in [-0.25, -0.2) is 0 Å². The first-order valence-corrected chi connectivity index (χ1v) is 3.80. The molecule has 1 heterocycles. The summed E-state index contributed by atoms with van der Waals surface area (Å²) < 4.78 is 0. The summed E-state index contributed by atoms with van der Waals surface area (Å²) in [7, 11) is 0. The largest absolute Gasteiger partial charge is 0.388 e. The molecule has 1 aliphatic rings. The summed E-state index contributed by atoms with van der Waals surface area (Å²) in [6, 6.07) is 0. The van der Waals surface area contributed by atoms with Gasteiger partial charge in [-0.1, -0.05) is 13.3 Å². The van der Waals surface area contributed by atoms with E-state index in [1.807, 2.05) is 0 Å². The lowest BCUT2D eigenvalue weighted by molar-refractivity contribution is -0.114. The van der Waals surface area contributed by atoms with Gasteiger partial charge in [0.05, 0.1) is 0 Å². The fourth-order valence-electron chi connectivity index (χ4n) is 1.09. The Bertz CT molecular complexity index is 161. The molecule has 2 heteroatoms. The highest BCUT2D eigenvalue weighted by Crippen LogP contribution is 2.05. The van der Waals surface area contributed by atoms with Gasteiger partial charge in [-0.3, -0.25) is 4.79 Å². The zero-order valence-electron chi connectivity index (χ0n) is 6.31. The van der Waals surface area contributed by atoms with E-state index in [1.165, 1.54) is 0 Å². The van der Waals surface area contributed by atoms with Crippen molar-refractivity contribution in [2.75, 3.05) is 6.54 Å². The SMILES string of the molecule is CCCC1=CC(=O)CCN1. The van der Waals surface area contributed by atoms with E-state index in [-0.39, 0.29) is 5.78 Å². The van der Waals surface area contributed by atoms with Crippen LogP contribution in [0, 0.1) is 0 Å². The Morgan fingerprint density at radius 1 is 1.70 bits per heavy atom. The Kier molecular flexibility index (Phi) is 2.49. The highest BCUT2D eigenvalue weighted by molar-refractivity contribution is 5.91. The topological polar surface area (TPSA) is 29.1 Å². The normalized spacial score (nSPS) is 18.1. The van der Waals surface area contributed by atoms with Crippen LogP contribution in [0.25, 0.3) is 0 Å². The second-order valence-corrected chi connectivity index (χ2v) is 2.56. The molecule has 2 nitrogen and oxygen atoms in total. The first kappa shape index (κ1) is 7.32. The molecule has 0 aromatic carbocycles. The predicted molar refractivity (Wildman–Crippen MR) is 40.6 cm³/mol. The molecule has 56 valence electrons. The molecule has 0 saturated heterocycles. The lowest BCUT2D eigenvalue weighted by Gasteiger charge is -2.13. The van der Waals surface area contributed by atoms with E-state index in [0.29, 0.717) is 6.42 Å². The van der Waals surface area contributed by atoms with Crippen LogP contribution in [0.4, 0.5) is 0 Å². The quantitative estimate of drug-likeness (QED) is 0.623. The van der Waals surface area contributed by atoms with E-state index in [4.69, 9.17) is 0 Å². The van der Waals surface area contributed by atoms with Crippen LogP contribution in [0.5, 0.6) is 0 Å². The van der Waals surface area contributed by atoms with Crippen molar-refractivity contribution in [2.45, 2.75) is 26.2 Å². The monoisotopic (exact) mass is 139 g/mol. The minimum Gasteiger partial charge on any atom is -0.388 e. The van der Waals surface area contributed by atoms with Gasteiger partial charge in [-0.2, -0.15) is 0 Å². The van der Waals surface area contributed by atoms with Gasteiger partial charge in [0.15, 0.2) is 5.78 Å². The van der Waals surface area contributed by atoms with Crippen LogP contribution in [0.1, 0.15) is 26.2 Å². The van der Waals surface area contributed by atoms with E-state index in [2.05, 4.69) is 12.2 Å². The van der Waals surface area contributed by atoms with Crippen LogP contribution in [-0.2, 0) is 4.79 Å². The third-order valence-corrected chi connectivity index (χ3v) is 1.58. The summed E-state index contributed by atoms with van der Waals surface area (Å²) >= 11 is 0. The third-order valence-electron chi connectivity index (χ3n) is 1.58. The number of allylic oxidation sites excluding steroid dienone is 2. The van der Waals surface area contributed by atoms with E-state index in [9.17, 15) is 4.79 Å². The second-order valence-electron chi connectivity index (χ2n) is 2.56. The Labute approximate surface area is 61.3 Å². The molecule has 0 aromatic rings. The van der Waals surface area contributed by atoms with Crippen LogP contribution in [0.2, 0.25) is 0 Å². The fraction of sp³-hybridized carbons (Fsp3) is 0.625. The molecule has 1 aliphatic heterocycles. The van der Waals surface area contributed by atoms with Crippen LogP contribution in [0.3, 0.4) is 0 Å². The Morgan fingerprint density at radius 3 is 3.10 bits per heavy atom. The highest BCUT2D eigenvalue weighted by atomic mass is 16.1. The smallest absolute Gasteiger partial charge is 0.159 e. The van der Waals surface area contributed by atoms with Crippen molar-refractivity contribution < 1.29 is 4.79 Å². The lowest BCUT2D eigenvalue weighted by Crippen LogP contribution is -2.23. The maximum absolute atomic E-state index is 10.8. The minimum atomic E-state index is 0.266. The third kappa shape index (κ3) is 1.87. The van der Waals surface area contributed by atoms with Crippen molar-refractivity contribution in [3.63, 3.8) is 0 Å². The van der Waals surface area contributed by atoms with Crippen LogP contribution < -0.4 is 5.32 Å². The van der Waals surface area contributed by atoms with Gasteiger partial charge in [0.2, 0.25) is 0 Å². The van der Waals surface area contributed by atoms with Gasteiger partial charge >= 0.3 is 0 Å². The summed E-state index contributed by atoms with van der Waals surface area (Å²) in [5, 5.41) is 3.19. The van der Waals surface area contributed by atoms with Crippen molar-refractivity contribution in [2.24, 2.45) is 0 Å². The molecule has 0 aliphatic carbocycles. The van der Waals surface area contributed by atoms with E-state index in [0.717, 1.165) is 25.1 Å². The summed E-state index contributed by atoms with van der Waals surface area (Å²) in [5.74, 6) is 0.266. The molecule has 0 spiro atoms. The van der Waals surface area contributed by atoms with Gasteiger partial charge in [-0.05, 0) is 6.42 Å². The number of hydrogen-bond acceptors (Lipinski definition) is 2. The number of ketones is 1. The molecule has 0 radical (unpaired) electrons. The van der Waals surface area contributed by atoms with Crippen molar-refractivity contribution in [1.29, 1.82) is 0 Å². The summed E-state index contributed by atoms with van der Waals surface area (Å²) in [6.45, 7) is 2.94. The summed E-state index contributed by atoms with van der Waals surface area (Å²) in [5.41, 5.74) is 1.11. The maximum Gasteiger partial charge on any atom is 0.159 e. The Balaban J connectivity index is 2.49. The molecule has 0 unspecified atom stereocenters. The first-order valence-electron chi connectivity index (χ1n) is 3.80. The lowest BCUT2D eigenvalue weighted by atomic mass is 10.1. The summed E-state index contributed by atoms with van der Waals surface area (Å²) in [4.78, 5) is 10.8. The minimum absolute atomic E-state index is 0.266. The van der Waals surface area contributed by atoms with Gasteiger partial charge in [-0.15, -0.1) is 0 Å². The van der Waals surface area contributed by atoms with Crippen molar-refractivity contribution in [3.05, 3.63) is 11.8 Å². The Hall–Kier alpha value is -0.790. The van der Waals surface area contributed by atoms with Gasteiger partial charge in [0.25, 0.3) is 0 Å². The number of rotatable bonds is 2. The standard InChI is InChI=1S/C8H13NO/c1-2-3-7-6-8(10)4-5-9-7/h6,9H,2-5H2,1H3. The molecule has 0 saturated carbocycles. The van der Waals surface area contributed by atoms with Crippen molar-refractivity contribution in [3.8, 4) is 0 Å². The highest BCUT2D eigenvalue weighted by Gasteiger charge is 2.06. The molecule has 0 bridgehead atoms. The molecule has 10 heavy (non-hydrogen) atoms. The number of carbonyl (C=O) groups is 1. The van der Waals surface area contributed by atoms with Gasteiger partial charge in [0, 0.05) is 24.7 Å². The molecular weight excluding hydrogens is 126 g/mol. The second kappa shape index (κ2) is 3.40. The number of nitrogens with one attached hydrogen (secondary N) is 1. The number of carbonyl (C=O) groups excluding carboxylic acids is 1. The Morgan fingerprint density at radius 2 is 2.50 bits per heavy atom. The van der Waals surface area contributed by atoms with Crippen molar-refractivity contribution >= 4 is 5.78 Å². The average molecular weight is 139 g/mol. The summed E-state index contributed by atoms with van der Waals surface area (Å²) in [6.07, 6.45) is 4.50. The van der Waals surface area contributed by atoms with Crippen LogP contribution >= 0.6 is 0 Å². The predicted octanol–water partition coefficient (Wildman–Crippen LogP) is 1.23. The fourth-order valence-corrected chi connectivity index (χ4v) is 1.09. The molecule has 0 amide bonds. The van der Waals surface area contributed by atoms with Crippen LogP contribution in [-0.4, -0.2) is 12.3 Å². The van der Waals surface area contributed by atoms with Crippen LogP contribution in [0.15, 0.2) is 11.8 Å². The first-order chi connectivity index (χ1) is 4.83. The van der Waals surface area contributed by atoms with Gasteiger partial charge < -0.3 is 5.32 Å². The molecule has 1 N–H and O–H groups in total. The molecule has 0 fully saturated rings.